The molecular weight excluding hydrogens is 359 g/mol. The highest BCUT2D eigenvalue weighted by Gasteiger charge is 2.52. The maximum absolute atomic E-state index is 6.08. The summed E-state index contributed by atoms with van der Waals surface area (Å²) in [5.74, 6) is 0. The first-order chi connectivity index (χ1) is 8.27. The van der Waals surface area contributed by atoms with Gasteiger partial charge in [0, 0.05) is 9.80 Å². The molecule has 2 rings (SSSR count). The minimum Gasteiger partial charge on any atom is -0.399 e. The predicted molar refractivity (Wildman–Crippen MR) is 82.5 cm³/mol. The van der Waals surface area contributed by atoms with Gasteiger partial charge in [-0.05, 0) is 50.9 Å². The molecule has 0 radical (unpaired) electrons. The molecule has 5 heteroatoms. The van der Waals surface area contributed by atoms with E-state index in [9.17, 15) is 0 Å². The first kappa shape index (κ1) is 14.6. The van der Waals surface area contributed by atoms with E-state index in [0.717, 1.165) is 15.3 Å². The van der Waals surface area contributed by atoms with Crippen LogP contribution in [0.25, 0.3) is 0 Å². The van der Waals surface area contributed by atoms with Crippen molar-refractivity contribution in [1.29, 1.82) is 0 Å². The maximum Gasteiger partial charge on any atom is 0.495 e. The highest BCUT2D eigenvalue weighted by molar-refractivity contribution is 9.10. The molecule has 2 nitrogen and oxygen atoms in total. The Balaban J connectivity index is 2.37. The van der Waals surface area contributed by atoms with E-state index in [4.69, 9.17) is 9.31 Å². The SMILES string of the molecule is CC1(C)OB(c2cc(Br)ccc2CBr)OC1(C)C. The lowest BCUT2D eigenvalue weighted by Crippen LogP contribution is -2.41. The van der Waals surface area contributed by atoms with Gasteiger partial charge in [-0.2, -0.15) is 0 Å². The van der Waals surface area contributed by atoms with E-state index in [-0.39, 0.29) is 18.3 Å². The van der Waals surface area contributed by atoms with Gasteiger partial charge in [0.25, 0.3) is 0 Å². The van der Waals surface area contributed by atoms with Crippen molar-refractivity contribution in [3.63, 3.8) is 0 Å². The van der Waals surface area contributed by atoms with Gasteiger partial charge in [-0.3, -0.25) is 0 Å². The van der Waals surface area contributed by atoms with E-state index < -0.39 is 0 Å². The van der Waals surface area contributed by atoms with Crippen LogP contribution in [0.15, 0.2) is 22.7 Å². The van der Waals surface area contributed by atoms with E-state index in [1.165, 1.54) is 5.56 Å². The smallest absolute Gasteiger partial charge is 0.399 e. The second kappa shape index (κ2) is 4.93. The fourth-order valence-electron chi connectivity index (χ4n) is 1.88. The Morgan fingerprint density at radius 1 is 1.11 bits per heavy atom. The van der Waals surface area contributed by atoms with Gasteiger partial charge in [0.2, 0.25) is 0 Å². The largest absolute Gasteiger partial charge is 0.495 e. The van der Waals surface area contributed by atoms with Gasteiger partial charge in [0.1, 0.15) is 0 Å². The Labute approximate surface area is 126 Å². The summed E-state index contributed by atoms with van der Waals surface area (Å²) in [5, 5.41) is 0.791. The molecule has 1 aliphatic heterocycles. The van der Waals surface area contributed by atoms with E-state index in [2.05, 4.69) is 71.7 Å². The lowest BCUT2D eigenvalue weighted by atomic mass is 9.76. The van der Waals surface area contributed by atoms with E-state index in [1.807, 2.05) is 6.07 Å². The van der Waals surface area contributed by atoms with Gasteiger partial charge in [-0.15, -0.1) is 0 Å². The molecule has 1 aliphatic rings. The molecule has 0 atom stereocenters. The van der Waals surface area contributed by atoms with E-state index in [0.29, 0.717) is 0 Å². The minimum atomic E-state index is -0.306. The summed E-state index contributed by atoms with van der Waals surface area (Å²) in [6.45, 7) is 8.27. The van der Waals surface area contributed by atoms with Crippen LogP contribution in [0.5, 0.6) is 0 Å². The topological polar surface area (TPSA) is 18.5 Å². The summed E-state index contributed by atoms with van der Waals surface area (Å²) in [6, 6.07) is 6.18. The lowest BCUT2D eigenvalue weighted by molar-refractivity contribution is 0.00578. The van der Waals surface area contributed by atoms with Crippen molar-refractivity contribution in [3.05, 3.63) is 28.2 Å². The number of alkyl halides is 1. The van der Waals surface area contributed by atoms with Crippen molar-refractivity contribution in [2.45, 2.75) is 44.2 Å². The summed E-state index contributed by atoms with van der Waals surface area (Å²) in [4.78, 5) is 0. The van der Waals surface area contributed by atoms with Crippen molar-refractivity contribution in [1.82, 2.24) is 0 Å². The molecule has 0 N–H and O–H groups in total. The molecule has 0 bridgehead atoms. The van der Waals surface area contributed by atoms with E-state index >= 15 is 0 Å². The third-order valence-corrected chi connectivity index (χ3v) is 4.86. The van der Waals surface area contributed by atoms with E-state index in [1.54, 1.807) is 0 Å². The average Bonchev–Trinajstić information content (AvgIpc) is 2.48. The molecule has 1 saturated heterocycles. The second-order valence-corrected chi connectivity index (χ2v) is 7.04. The molecule has 1 heterocycles. The molecule has 18 heavy (non-hydrogen) atoms. The summed E-state index contributed by atoms with van der Waals surface area (Å²) in [6.07, 6.45) is 0. The third-order valence-electron chi connectivity index (χ3n) is 3.76. The molecule has 0 amide bonds. The molecular formula is C13H17BBr2O2. The van der Waals surface area contributed by atoms with Gasteiger partial charge >= 0.3 is 7.12 Å². The van der Waals surface area contributed by atoms with Crippen LogP contribution in [0, 0.1) is 0 Å². The third kappa shape index (κ3) is 2.55. The normalized spacial score (nSPS) is 21.3. The zero-order valence-corrected chi connectivity index (χ0v) is 14.3. The minimum absolute atomic E-state index is 0.302. The van der Waals surface area contributed by atoms with Crippen LogP contribution in [0.2, 0.25) is 0 Å². The number of halogens is 2. The summed E-state index contributed by atoms with van der Waals surface area (Å²) >= 11 is 7.01. The summed E-state index contributed by atoms with van der Waals surface area (Å²) < 4.78 is 13.2. The molecule has 0 spiro atoms. The summed E-state index contributed by atoms with van der Waals surface area (Å²) in [7, 11) is -0.306. The van der Waals surface area contributed by atoms with Gasteiger partial charge in [0.05, 0.1) is 11.2 Å². The first-order valence-electron chi connectivity index (χ1n) is 5.97. The Morgan fingerprint density at radius 2 is 1.67 bits per heavy atom. The number of rotatable bonds is 2. The fourth-order valence-corrected chi connectivity index (χ4v) is 2.77. The van der Waals surface area contributed by atoms with Crippen LogP contribution >= 0.6 is 31.9 Å². The van der Waals surface area contributed by atoms with Crippen molar-refractivity contribution >= 4 is 44.4 Å². The highest BCUT2D eigenvalue weighted by atomic mass is 79.9. The van der Waals surface area contributed by atoms with Crippen molar-refractivity contribution in [3.8, 4) is 0 Å². The van der Waals surface area contributed by atoms with Gasteiger partial charge in [-0.25, -0.2) is 0 Å². The molecule has 1 aromatic rings. The molecule has 0 aromatic heterocycles. The van der Waals surface area contributed by atoms with Gasteiger partial charge < -0.3 is 9.31 Å². The first-order valence-corrected chi connectivity index (χ1v) is 7.88. The Hall–Kier alpha value is 0.165. The predicted octanol–water partition coefficient (Wildman–Crippen LogP) is 3.64. The Kier molecular flexibility index (Phi) is 3.99. The molecule has 1 aromatic carbocycles. The second-order valence-electron chi connectivity index (χ2n) is 5.57. The van der Waals surface area contributed by atoms with Crippen LogP contribution in [0.1, 0.15) is 33.3 Å². The van der Waals surface area contributed by atoms with Crippen LogP contribution in [-0.4, -0.2) is 18.3 Å². The molecule has 0 aliphatic carbocycles. The van der Waals surface area contributed by atoms with Crippen molar-refractivity contribution < 1.29 is 9.31 Å². The number of benzene rings is 1. The van der Waals surface area contributed by atoms with Gasteiger partial charge in [-0.1, -0.05) is 37.9 Å². The zero-order chi connectivity index (χ0) is 13.6. The average molecular weight is 376 g/mol. The Bertz CT molecular complexity index is 444. The van der Waals surface area contributed by atoms with Crippen molar-refractivity contribution in [2.75, 3.05) is 0 Å². The van der Waals surface area contributed by atoms with Crippen molar-refractivity contribution in [2.24, 2.45) is 0 Å². The van der Waals surface area contributed by atoms with Crippen LogP contribution in [-0.2, 0) is 14.6 Å². The van der Waals surface area contributed by atoms with Crippen LogP contribution in [0.4, 0.5) is 0 Å². The van der Waals surface area contributed by atoms with Gasteiger partial charge in [0.15, 0.2) is 0 Å². The molecule has 1 fully saturated rings. The molecule has 0 saturated carbocycles. The maximum atomic E-state index is 6.08. The molecule has 98 valence electrons. The number of hydrogen-bond donors (Lipinski definition) is 0. The number of hydrogen-bond acceptors (Lipinski definition) is 2. The molecule has 0 unspecified atom stereocenters. The summed E-state index contributed by atoms with van der Waals surface area (Å²) in [5.41, 5.74) is 1.67. The quantitative estimate of drug-likeness (QED) is 0.580. The van der Waals surface area contributed by atoms with Crippen LogP contribution in [0.3, 0.4) is 0 Å². The Morgan fingerprint density at radius 3 is 2.17 bits per heavy atom. The fraction of sp³-hybridized carbons (Fsp3) is 0.538. The monoisotopic (exact) mass is 374 g/mol. The zero-order valence-electron chi connectivity index (χ0n) is 11.1. The van der Waals surface area contributed by atoms with Crippen LogP contribution < -0.4 is 5.46 Å². The highest BCUT2D eigenvalue weighted by Crippen LogP contribution is 2.36. The lowest BCUT2D eigenvalue weighted by Gasteiger charge is -2.32. The standard InChI is InChI=1S/C13H17BBr2O2/c1-12(2)13(3,4)18-14(17-12)11-7-10(16)6-5-9(11)8-15/h5-7H,8H2,1-4H3.